The largest absolute Gasteiger partial charge is 0.497 e. The van der Waals surface area contributed by atoms with Crippen LogP contribution >= 0.6 is 23.8 Å². The van der Waals surface area contributed by atoms with Gasteiger partial charge in [0.15, 0.2) is 10.6 Å². The molecule has 156 valence electrons. The second-order valence-electron chi connectivity index (χ2n) is 6.45. The summed E-state index contributed by atoms with van der Waals surface area (Å²) >= 11 is 11.4. The van der Waals surface area contributed by atoms with Crippen LogP contribution in [0.5, 0.6) is 5.75 Å². The molecule has 0 atom stereocenters. The Morgan fingerprint density at radius 3 is 2.67 bits per heavy atom. The van der Waals surface area contributed by atoms with Crippen LogP contribution in [0.15, 0.2) is 42.5 Å². The summed E-state index contributed by atoms with van der Waals surface area (Å²) in [6.45, 7) is 0.0577. The van der Waals surface area contributed by atoms with E-state index < -0.39 is 4.92 Å². The van der Waals surface area contributed by atoms with Gasteiger partial charge in [-0.3, -0.25) is 24.6 Å². The second kappa shape index (κ2) is 9.06. The zero-order chi connectivity index (χ0) is 21.8. The molecule has 0 bridgehead atoms. The van der Waals surface area contributed by atoms with Gasteiger partial charge in [0.2, 0.25) is 5.91 Å². The number of halogens is 1. The molecule has 1 N–H and O–H groups in total. The molecule has 1 aromatic heterocycles. The molecule has 0 fully saturated rings. The maximum absolute atomic E-state index is 12.8. The van der Waals surface area contributed by atoms with Crippen molar-refractivity contribution in [2.24, 2.45) is 0 Å². The number of H-pyrrole nitrogens is 1. The third-order valence-electron chi connectivity index (χ3n) is 4.47. The lowest BCUT2D eigenvalue weighted by atomic mass is 10.2. The van der Waals surface area contributed by atoms with Crippen molar-refractivity contribution in [3.8, 4) is 17.1 Å². The zero-order valence-electron chi connectivity index (χ0n) is 16.2. The van der Waals surface area contributed by atoms with Gasteiger partial charge < -0.3 is 9.64 Å². The predicted molar refractivity (Wildman–Crippen MR) is 114 cm³/mol. The number of rotatable bonds is 7. The van der Waals surface area contributed by atoms with Gasteiger partial charge in [-0.2, -0.15) is 5.10 Å². The molecule has 3 rings (SSSR count). The smallest absolute Gasteiger partial charge is 0.269 e. The van der Waals surface area contributed by atoms with Gasteiger partial charge >= 0.3 is 0 Å². The highest BCUT2D eigenvalue weighted by molar-refractivity contribution is 7.71. The Morgan fingerprint density at radius 1 is 1.33 bits per heavy atom. The lowest BCUT2D eigenvalue weighted by Gasteiger charge is -2.19. The van der Waals surface area contributed by atoms with Crippen molar-refractivity contribution in [3.05, 3.63) is 67.9 Å². The van der Waals surface area contributed by atoms with Crippen molar-refractivity contribution in [1.29, 1.82) is 0 Å². The highest BCUT2D eigenvalue weighted by Gasteiger charge is 2.18. The summed E-state index contributed by atoms with van der Waals surface area (Å²) in [5.41, 5.74) is 1.15. The zero-order valence-corrected chi connectivity index (χ0v) is 17.7. The number of non-ortho nitro benzene ring substituents is 1. The Labute approximate surface area is 182 Å². The van der Waals surface area contributed by atoms with Crippen LogP contribution in [0.25, 0.3) is 11.4 Å². The number of aromatic nitrogens is 3. The van der Waals surface area contributed by atoms with Crippen LogP contribution in [0.3, 0.4) is 0 Å². The van der Waals surface area contributed by atoms with Gasteiger partial charge in [0, 0.05) is 36.3 Å². The molecule has 0 saturated heterocycles. The van der Waals surface area contributed by atoms with Crippen LogP contribution in [-0.4, -0.2) is 44.7 Å². The van der Waals surface area contributed by atoms with Crippen molar-refractivity contribution in [3.63, 3.8) is 0 Å². The van der Waals surface area contributed by atoms with Crippen LogP contribution < -0.4 is 4.74 Å². The van der Waals surface area contributed by atoms with Gasteiger partial charge in [0.25, 0.3) is 5.69 Å². The first-order valence-electron chi connectivity index (χ1n) is 8.76. The van der Waals surface area contributed by atoms with Crippen LogP contribution in [-0.2, 0) is 17.9 Å². The number of amides is 1. The van der Waals surface area contributed by atoms with Crippen molar-refractivity contribution in [1.82, 2.24) is 19.7 Å². The first kappa shape index (κ1) is 21.5. The van der Waals surface area contributed by atoms with Crippen molar-refractivity contribution in [2.75, 3.05) is 14.2 Å². The minimum Gasteiger partial charge on any atom is -0.497 e. The van der Waals surface area contributed by atoms with Gasteiger partial charge in [0.1, 0.15) is 12.3 Å². The van der Waals surface area contributed by atoms with E-state index >= 15 is 0 Å². The summed E-state index contributed by atoms with van der Waals surface area (Å²) in [7, 11) is 3.17. The number of nitrogens with one attached hydrogen (secondary N) is 1. The summed E-state index contributed by atoms with van der Waals surface area (Å²) in [5.74, 6) is 0.951. The molecular weight excluding hydrogens is 430 g/mol. The first-order chi connectivity index (χ1) is 14.3. The van der Waals surface area contributed by atoms with Gasteiger partial charge in [-0.15, -0.1) is 0 Å². The Morgan fingerprint density at radius 2 is 2.03 bits per heavy atom. The van der Waals surface area contributed by atoms with E-state index in [9.17, 15) is 14.9 Å². The summed E-state index contributed by atoms with van der Waals surface area (Å²) < 4.78 is 7.05. The lowest BCUT2D eigenvalue weighted by Crippen LogP contribution is -2.30. The molecule has 9 nitrogen and oxygen atoms in total. The molecule has 3 aromatic rings. The fourth-order valence-electron chi connectivity index (χ4n) is 2.82. The maximum atomic E-state index is 12.8. The summed E-state index contributed by atoms with van der Waals surface area (Å²) in [6.07, 6.45) is 0. The number of nitro groups is 1. The molecule has 0 spiro atoms. The molecule has 0 aliphatic heterocycles. The van der Waals surface area contributed by atoms with E-state index in [0.29, 0.717) is 26.9 Å². The van der Waals surface area contributed by atoms with E-state index in [4.69, 9.17) is 28.6 Å². The Kier molecular flexibility index (Phi) is 6.48. The molecule has 0 radical (unpaired) electrons. The van der Waals surface area contributed by atoms with Gasteiger partial charge in [0.05, 0.1) is 12.0 Å². The van der Waals surface area contributed by atoms with Crippen LogP contribution in [0, 0.1) is 14.9 Å². The summed E-state index contributed by atoms with van der Waals surface area (Å²) in [4.78, 5) is 24.7. The molecule has 30 heavy (non-hydrogen) atoms. The molecule has 0 unspecified atom stereocenters. The van der Waals surface area contributed by atoms with E-state index in [1.807, 2.05) is 12.1 Å². The van der Waals surface area contributed by atoms with Crippen LogP contribution in [0.2, 0.25) is 5.02 Å². The molecule has 0 saturated carbocycles. The Hall–Kier alpha value is -3.24. The number of ether oxygens (including phenoxy) is 1. The quantitative estimate of drug-likeness (QED) is 0.335. The number of benzene rings is 2. The standard InChI is InChI=1S/C19H18ClN5O4S/c1-23(10-13-9-14(25(27)28)5-8-16(13)20)17(26)11-24-18(21-22-19(24)30)12-3-6-15(29-2)7-4-12/h3-9H,10-11H2,1-2H3,(H,22,30). The third kappa shape index (κ3) is 4.66. The molecule has 2 aromatic carbocycles. The maximum Gasteiger partial charge on any atom is 0.269 e. The minimum atomic E-state index is -0.506. The SMILES string of the molecule is COc1ccc(-c2n[nH]c(=S)n2CC(=O)N(C)Cc2cc([N+](=O)[O-])ccc2Cl)cc1. The molecule has 1 amide bonds. The third-order valence-corrected chi connectivity index (χ3v) is 5.15. The van der Waals surface area contributed by atoms with Crippen molar-refractivity contribution >= 4 is 35.4 Å². The fourth-order valence-corrected chi connectivity index (χ4v) is 3.19. The number of nitro benzene ring substituents is 1. The normalized spacial score (nSPS) is 10.6. The van der Waals surface area contributed by atoms with Gasteiger partial charge in [-0.25, -0.2) is 0 Å². The number of carbonyl (C=O) groups excluding carboxylic acids is 1. The lowest BCUT2D eigenvalue weighted by molar-refractivity contribution is -0.384. The van der Waals surface area contributed by atoms with E-state index in [1.54, 1.807) is 30.9 Å². The topological polar surface area (TPSA) is 106 Å². The van der Waals surface area contributed by atoms with Crippen LogP contribution in [0.4, 0.5) is 5.69 Å². The first-order valence-corrected chi connectivity index (χ1v) is 9.55. The second-order valence-corrected chi connectivity index (χ2v) is 7.24. The van der Waals surface area contributed by atoms with Gasteiger partial charge in [-0.05, 0) is 48.1 Å². The van der Waals surface area contributed by atoms with Gasteiger partial charge in [-0.1, -0.05) is 11.6 Å². The monoisotopic (exact) mass is 447 g/mol. The Bertz CT molecular complexity index is 1140. The number of aromatic amines is 1. The minimum absolute atomic E-state index is 0.0558. The van der Waals surface area contributed by atoms with Crippen molar-refractivity contribution in [2.45, 2.75) is 13.1 Å². The molecule has 1 heterocycles. The van der Waals surface area contributed by atoms with Crippen LogP contribution in [0.1, 0.15) is 5.56 Å². The number of carbonyl (C=O) groups is 1. The summed E-state index contributed by atoms with van der Waals surface area (Å²) in [5, 5.41) is 18.3. The number of likely N-dealkylation sites (N-methyl/N-ethyl adjacent to an activating group) is 1. The molecular formula is C19H18ClN5O4S. The number of methoxy groups -OCH3 is 1. The van der Waals surface area contributed by atoms with E-state index in [1.165, 1.54) is 23.1 Å². The number of hydrogen-bond acceptors (Lipinski definition) is 6. The van der Waals surface area contributed by atoms with E-state index in [0.717, 1.165) is 5.56 Å². The number of nitrogens with zero attached hydrogens (tertiary/aromatic N) is 4. The fraction of sp³-hybridized carbons (Fsp3) is 0.211. The molecule has 11 heteroatoms. The molecule has 0 aliphatic carbocycles. The Balaban J connectivity index is 1.79. The predicted octanol–water partition coefficient (Wildman–Crippen LogP) is 3.84. The highest BCUT2D eigenvalue weighted by Crippen LogP contribution is 2.24. The van der Waals surface area contributed by atoms with Crippen molar-refractivity contribution < 1.29 is 14.5 Å². The number of hydrogen-bond donors (Lipinski definition) is 1. The summed E-state index contributed by atoms with van der Waals surface area (Å²) in [6, 6.07) is 11.3. The van der Waals surface area contributed by atoms with E-state index in [2.05, 4.69) is 10.2 Å². The molecule has 0 aliphatic rings. The average Bonchev–Trinajstić information content (AvgIpc) is 3.09. The average molecular weight is 448 g/mol. The highest BCUT2D eigenvalue weighted by atomic mass is 35.5. The van der Waals surface area contributed by atoms with E-state index in [-0.39, 0.29) is 24.7 Å².